The van der Waals surface area contributed by atoms with E-state index in [9.17, 15) is 14.7 Å². The lowest BCUT2D eigenvalue weighted by molar-refractivity contribution is -0.140. The molecule has 1 unspecified atom stereocenters. The molecule has 1 N–H and O–H groups in total. The molecule has 0 spiro atoms. The lowest BCUT2D eigenvalue weighted by Gasteiger charge is -2.22. The molecule has 0 saturated heterocycles. The second kappa shape index (κ2) is 8.62. The topological polar surface area (TPSA) is 80.0 Å². The molecule has 0 radical (unpaired) electrons. The number of anilines is 1. The molecule has 6 nitrogen and oxygen atoms in total. The highest BCUT2D eigenvalue weighted by Gasteiger charge is 2.50. The van der Waals surface area contributed by atoms with Crippen molar-refractivity contribution in [2.45, 2.75) is 18.9 Å². The molecule has 1 atom stereocenters. The molecule has 158 valence electrons. The van der Waals surface area contributed by atoms with Gasteiger partial charge in [-0.25, -0.2) is 0 Å². The van der Waals surface area contributed by atoms with Gasteiger partial charge >= 0.3 is 0 Å². The highest BCUT2D eigenvalue weighted by atomic mass is 16.5. The van der Waals surface area contributed by atoms with Crippen LogP contribution in [0.5, 0.6) is 5.75 Å². The first-order valence-electron chi connectivity index (χ1n) is 10.0. The van der Waals surface area contributed by atoms with Crippen LogP contribution >= 0.6 is 0 Å². The number of hydrogen-bond donors (Lipinski definition) is 1. The van der Waals surface area contributed by atoms with Crippen molar-refractivity contribution in [3.63, 3.8) is 0 Å². The number of furan rings is 1. The van der Waals surface area contributed by atoms with Crippen LogP contribution in [0, 0.1) is 6.92 Å². The molecular weight excluding hydrogens is 394 g/mol. The summed E-state index contributed by atoms with van der Waals surface area (Å²) in [7, 11) is 0. The fraction of sp³-hybridized carbons (Fsp3) is 0.200. The molecular formula is C25H23NO5. The Hall–Kier alpha value is -3.64. The Morgan fingerprint density at radius 2 is 1.90 bits per heavy atom. The van der Waals surface area contributed by atoms with Crippen LogP contribution in [0.25, 0.3) is 6.08 Å². The average Bonchev–Trinajstić information content (AvgIpc) is 3.36. The molecule has 0 saturated carbocycles. The summed E-state index contributed by atoms with van der Waals surface area (Å²) in [4.78, 5) is 27.1. The van der Waals surface area contributed by atoms with Crippen molar-refractivity contribution in [2.24, 2.45) is 0 Å². The monoisotopic (exact) mass is 417 g/mol. The van der Waals surface area contributed by atoms with E-state index < -0.39 is 11.5 Å². The van der Waals surface area contributed by atoms with E-state index >= 15 is 0 Å². The highest BCUT2D eigenvalue weighted by molar-refractivity contribution is 6.10. The smallest absolute Gasteiger partial charge is 0.264 e. The summed E-state index contributed by atoms with van der Waals surface area (Å²) in [6.45, 7) is 2.50. The third kappa shape index (κ3) is 4.29. The van der Waals surface area contributed by atoms with Crippen LogP contribution in [0.2, 0.25) is 0 Å². The number of allylic oxidation sites excluding steroid dienone is 1. The van der Waals surface area contributed by atoms with E-state index in [0.717, 1.165) is 5.56 Å². The number of ether oxygens (including phenoxy) is 1. The normalized spacial score (nSPS) is 17.9. The number of carbonyl (C=O) groups is 2. The maximum atomic E-state index is 13.2. The van der Waals surface area contributed by atoms with Gasteiger partial charge < -0.3 is 19.2 Å². The molecule has 1 aliphatic heterocycles. The fourth-order valence-corrected chi connectivity index (χ4v) is 3.66. The molecule has 6 heteroatoms. The molecule has 1 aliphatic rings. The second-order valence-corrected chi connectivity index (χ2v) is 7.49. The number of amides is 1. The van der Waals surface area contributed by atoms with E-state index in [-0.39, 0.29) is 25.4 Å². The molecule has 4 rings (SSSR count). The van der Waals surface area contributed by atoms with Crippen molar-refractivity contribution in [3.05, 3.63) is 89.9 Å². The minimum atomic E-state index is -1.91. The van der Waals surface area contributed by atoms with Crippen LogP contribution in [0.3, 0.4) is 0 Å². The van der Waals surface area contributed by atoms with Gasteiger partial charge in [0, 0.05) is 5.56 Å². The predicted octanol–water partition coefficient (Wildman–Crippen LogP) is 3.87. The van der Waals surface area contributed by atoms with Crippen LogP contribution in [0.4, 0.5) is 5.69 Å². The first-order chi connectivity index (χ1) is 15.0. The standard InChI is InChI=1S/C25H23NO5/c1-18-8-11-21(12-9-18)31-16-14-26-23-7-3-2-6-22(23)25(29,24(26)28)17-19(27)10-13-20-5-4-15-30-20/h2-13,15,29H,14,16-17H2,1H3/b13-10+. The quantitative estimate of drug-likeness (QED) is 0.563. The van der Waals surface area contributed by atoms with Crippen LogP contribution < -0.4 is 9.64 Å². The van der Waals surface area contributed by atoms with Crippen molar-refractivity contribution in [1.29, 1.82) is 0 Å². The van der Waals surface area contributed by atoms with Gasteiger partial charge in [0.25, 0.3) is 5.91 Å². The van der Waals surface area contributed by atoms with Gasteiger partial charge in [-0.2, -0.15) is 0 Å². The van der Waals surface area contributed by atoms with Gasteiger partial charge in [-0.3, -0.25) is 9.59 Å². The number of para-hydroxylation sites is 1. The third-order valence-corrected chi connectivity index (χ3v) is 5.25. The summed E-state index contributed by atoms with van der Waals surface area (Å²) in [6.07, 6.45) is 3.99. The Kier molecular flexibility index (Phi) is 5.73. The number of fused-ring (bicyclic) bond motifs is 1. The number of rotatable bonds is 8. The van der Waals surface area contributed by atoms with Crippen molar-refractivity contribution in [1.82, 2.24) is 0 Å². The summed E-state index contributed by atoms with van der Waals surface area (Å²) < 4.78 is 10.9. The van der Waals surface area contributed by atoms with Crippen molar-refractivity contribution >= 4 is 23.5 Å². The van der Waals surface area contributed by atoms with E-state index in [1.807, 2.05) is 31.2 Å². The molecule has 1 amide bonds. The molecule has 0 bridgehead atoms. The van der Waals surface area contributed by atoms with Gasteiger partial charge in [-0.1, -0.05) is 35.9 Å². The lowest BCUT2D eigenvalue weighted by atomic mass is 9.90. The van der Waals surface area contributed by atoms with E-state index in [2.05, 4.69) is 0 Å². The minimum Gasteiger partial charge on any atom is -0.492 e. The Morgan fingerprint density at radius 1 is 1.13 bits per heavy atom. The maximum Gasteiger partial charge on any atom is 0.264 e. The average molecular weight is 417 g/mol. The number of ketones is 1. The zero-order valence-corrected chi connectivity index (χ0v) is 17.2. The first kappa shape index (κ1) is 20.6. The molecule has 3 aromatic rings. The van der Waals surface area contributed by atoms with Crippen LogP contribution in [-0.4, -0.2) is 29.9 Å². The van der Waals surface area contributed by atoms with Gasteiger partial charge in [0.15, 0.2) is 11.4 Å². The summed E-state index contributed by atoms with van der Waals surface area (Å²) in [5, 5.41) is 11.2. The highest BCUT2D eigenvalue weighted by Crippen LogP contribution is 2.42. The van der Waals surface area contributed by atoms with Crippen LogP contribution in [-0.2, 0) is 15.2 Å². The minimum absolute atomic E-state index is 0.252. The summed E-state index contributed by atoms with van der Waals surface area (Å²) >= 11 is 0. The fourth-order valence-electron chi connectivity index (χ4n) is 3.66. The third-order valence-electron chi connectivity index (χ3n) is 5.25. The SMILES string of the molecule is Cc1ccc(OCCN2C(=O)C(O)(CC(=O)/C=C/c3ccco3)c3ccccc32)cc1. The molecule has 2 heterocycles. The Bertz CT molecular complexity index is 1100. The zero-order chi connectivity index (χ0) is 21.8. The number of aryl methyl sites for hydroxylation is 1. The zero-order valence-electron chi connectivity index (χ0n) is 17.2. The van der Waals surface area contributed by atoms with Crippen molar-refractivity contribution in [3.8, 4) is 5.75 Å². The van der Waals surface area contributed by atoms with Gasteiger partial charge in [0.1, 0.15) is 18.1 Å². The maximum absolute atomic E-state index is 13.2. The molecule has 1 aromatic heterocycles. The first-order valence-corrected chi connectivity index (χ1v) is 10.0. The number of nitrogens with zero attached hydrogens (tertiary/aromatic N) is 1. The number of benzene rings is 2. The Labute approximate surface area is 180 Å². The molecule has 0 aliphatic carbocycles. The molecule has 0 fully saturated rings. The lowest BCUT2D eigenvalue weighted by Crippen LogP contribution is -2.43. The summed E-state index contributed by atoms with van der Waals surface area (Å²) in [5.41, 5.74) is 0.234. The van der Waals surface area contributed by atoms with Crippen molar-refractivity contribution < 1.29 is 23.8 Å². The van der Waals surface area contributed by atoms with Crippen LogP contribution in [0.15, 0.2) is 77.4 Å². The van der Waals surface area contributed by atoms with E-state index in [0.29, 0.717) is 22.8 Å². The van der Waals surface area contributed by atoms with Gasteiger partial charge in [0.2, 0.25) is 0 Å². The number of hydrogen-bond acceptors (Lipinski definition) is 5. The van der Waals surface area contributed by atoms with Crippen LogP contribution in [0.1, 0.15) is 23.3 Å². The second-order valence-electron chi connectivity index (χ2n) is 7.49. The predicted molar refractivity (Wildman–Crippen MR) is 117 cm³/mol. The van der Waals surface area contributed by atoms with Gasteiger partial charge in [-0.05, 0) is 49.4 Å². The van der Waals surface area contributed by atoms with E-state index in [1.54, 1.807) is 36.4 Å². The Balaban J connectivity index is 1.48. The molecule has 2 aromatic carbocycles. The Morgan fingerprint density at radius 3 is 2.65 bits per heavy atom. The van der Waals surface area contributed by atoms with E-state index in [1.165, 1.54) is 23.3 Å². The summed E-state index contributed by atoms with van der Waals surface area (Å²) in [6, 6.07) is 18.0. The largest absolute Gasteiger partial charge is 0.492 e. The van der Waals surface area contributed by atoms with Gasteiger partial charge in [0.05, 0.1) is 24.9 Å². The number of carbonyl (C=O) groups excluding carboxylic acids is 2. The molecule has 31 heavy (non-hydrogen) atoms. The summed E-state index contributed by atoms with van der Waals surface area (Å²) in [5.74, 6) is 0.327. The number of aliphatic hydroxyl groups is 1. The van der Waals surface area contributed by atoms with E-state index in [4.69, 9.17) is 9.15 Å². The van der Waals surface area contributed by atoms with Gasteiger partial charge in [-0.15, -0.1) is 0 Å². The van der Waals surface area contributed by atoms with Crippen molar-refractivity contribution in [2.75, 3.05) is 18.1 Å².